The molecule has 0 aromatic carbocycles. The molecular weight excluding hydrogens is 174 g/mol. The highest BCUT2D eigenvalue weighted by molar-refractivity contribution is 5.77. The molecule has 0 aromatic rings. The van der Waals surface area contributed by atoms with E-state index in [2.05, 4.69) is 33.0 Å². The summed E-state index contributed by atoms with van der Waals surface area (Å²) in [5, 5.41) is 3.04. The van der Waals surface area contributed by atoms with Crippen LogP contribution in [0.15, 0.2) is 0 Å². The van der Waals surface area contributed by atoms with Gasteiger partial charge < -0.3 is 5.32 Å². The molecule has 14 heavy (non-hydrogen) atoms. The Morgan fingerprint density at radius 2 is 1.79 bits per heavy atom. The zero-order valence-electron chi connectivity index (χ0n) is 9.94. The van der Waals surface area contributed by atoms with E-state index in [0.717, 1.165) is 25.8 Å². The van der Waals surface area contributed by atoms with Crippen molar-refractivity contribution in [2.75, 3.05) is 6.54 Å². The van der Waals surface area contributed by atoms with Crippen LogP contribution in [-0.4, -0.2) is 12.5 Å². The topological polar surface area (TPSA) is 29.1 Å². The van der Waals surface area contributed by atoms with Gasteiger partial charge in [-0.3, -0.25) is 4.79 Å². The Morgan fingerprint density at radius 3 is 2.29 bits per heavy atom. The van der Waals surface area contributed by atoms with Crippen molar-refractivity contribution < 1.29 is 4.79 Å². The summed E-state index contributed by atoms with van der Waals surface area (Å²) < 4.78 is 0. The molecule has 1 heterocycles. The zero-order chi connectivity index (χ0) is 10.8. The van der Waals surface area contributed by atoms with Crippen molar-refractivity contribution in [2.24, 2.45) is 10.8 Å². The predicted molar refractivity (Wildman–Crippen MR) is 59.0 cm³/mol. The lowest BCUT2D eigenvalue weighted by atomic mass is 9.70. The molecule has 0 aliphatic carbocycles. The lowest BCUT2D eigenvalue weighted by Crippen LogP contribution is -2.32. The highest BCUT2D eigenvalue weighted by Crippen LogP contribution is 2.42. The van der Waals surface area contributed by atoms with Crippen LogP contribution in [0.25, 0.3) is 0 Å². The molecule has 1 N–H and O–H groups in total. The molecule has 1 aliphatic heterocycles. The van der Waals surface area contributed by atoms with Crippen molar-refractivity contribution in [3.63, 3.8) is 0 Å². The van der Waals surface area contributed by atoms with Gasteiger partial charge >= 0.3 is 0 Å². The molecule has 2 heteroatoms. The molecule has 0 radical (unpaired) electrons. The molecule has 2 unspecified atom stereocenters. The van der Waals surface area contributed by atoms with Gasteiger partial charge in [0, 0.05) is 13.0 Å². The van der Waals surface area contributed by atoms with Crippen LogP contribution >= 0.6 is 0 Å². The summed E-state index contributed by atoms with van der Waals surface area (Å²) in [5.74, 6) is 0.228. The SMILES string of the molecule is CCC1(C)CNC(=O)CC(C)(CC)C1. The minimum atomic E-state index is 0.200. The third-order valence-electron chi connectivity index (χ3n) is 3.86. The minimum absolute atomic E-state index is 0.200. The smallest absolute Gasteiger partial charge is 0.220 e. The lowest BCUT2D eigenvalue weighted by molar-refractivity contribution is -0.122. The fourth-order valence-electron chi connectivity index (χ4n) is 2.42. The first-order chi connectivity index (χ1) is 6.43. The number of amides is 1. The van der Waals surface area contributed by atoms with Crippen LogP contribution in [0, 0.1) is 10.8 Å². The molecule has 0 bridgehead atoms. The number of nitrogens with one attached hydrogen (secondary N) is 1. The van der Waals surface area contributed by atoms with Gasteiger partial charge in [0.2, 0.25) is 5.91 Å². The van der Waals surface area contributed by atoms with Crippen LogP contribution in [0.4, 0.5) is 0 Å². The molecule has 1 rings (SSSR count). The van der Waals surface area contributed by atoms with Crippen molar-refractivity contribution in [3.8, 4) is 0 Å². The normalized spacial score (nSPS) is 39.0. The van der Waals surface area contributed by atoms with E-state index in [1.807, 2.05) is 0 Å². The molecular formula is C12H23NO. The summed E-state index contributed by atoms with van der Waals surface area (Å²) in [4.78, 5) is 11.6. The Labute approximate surface area is 87.5 Å². The molecule has 0 aromatic heterocycles. The fourth-order valence-corrected chi connectivity index (χ4v) is 2.42. The maximum absolute atomic E-state index is 11.6. The van der Waals surface area contributed by atoms with Crippen LogP contribution in [-0.2, 0) is 4.79 Å². The Hall–Kier alpha value is -0.530. The van der Waals surface area contributed by atoms with Gasteiger partial charge in [-0.05, 0) is 23.7 Å². The Balaban J connectivity index is 2.84. The van der Waals surface area contributed by atoms with E-state index < -0.39 is 0 Å². The first kappa shape index (κ1) is 11.5. The minimum Gasteiger partial charge on any atom is -0.356 e. The van der Waals surface area contributed by atoms with Gasteiger partial charge in [-0.25, -0.2) is 0 Å². The third kappa shape index (κ3) is 2.49. The van der Waals surface area contributed by atoms with Crippen LogP contribution in [0.3, 0.4) is 0 Å². The van der Waals surface area contributed by atoms with Crippen molar-refractivity contribution in [2.45, 2.75) is 53.4 Å². The molecule has 1 aliphatic rings. The summed E-state index contributed by atoms with van der Waals surface area (Å²) in [7, 11) is 0. The van der Waals surface area contributed by atoms with Gasteiger partial charge in [0.25, 0.3) is 0 Å². The number of carbonyl (C=O) groups excluding carboxylic acids is 1. The highest BCUT2D eigenvalue weighted by atomic mass is 16.1. The summed E-state index contributed by atoms with van der Waals surface area (Å²) in [6.45, 7) is 9.78. The van der Waals surface area contributed by atoms with Crippen LogP contribution < -0.4 is 5.32 Å². The Kier molecular flexibility index (Phi) is 3.23. The zero-order valence-corrected chi connectivity index (χ0v) is 9.94. The van der Waals surface area contributed by atoms with Crippen molar-refractivity contribution in [1.82, 2.24) is 5.32 Å². The van der Waals surface area contributed by atoms with Crippen LogP contribution in [0.2, 0.25) is 0 Å². The van der Waals surface area contributed by atoms with Crippen molar-refractivity contribution in [3.05, 3.63) is 0 Å². The molecule has 0 saturated carbocycles. The van der Waals surface area contributed by atoms with Crippen molar-refractivity contribution in [1.29, 1.82) is 0 Å². The van der Waals surface area contributed by atoms with Crippen molar-refractivity contribution >= 4 is 5.91 Å². The van der Waals surface area contributed by atoms with Gasteiger partial charge in [0.1, 0.15) is 0 Å². The highest BCUT2D eigenvalue weighted by Gasteiger charge is 2.37. The molecule has 1 fully saturated rings. The average molecular weight is 197 g/mol. The second kappa shape index (κ2) is 3.92. The molecule has 1 amide bonds. The standard InChI is InChI=1S/C12H23NO/c1-5-11(3)7-10(14)13-9-12(4,6-2)8-11/h5-9H2,1-4H3,(H,13,14). The number of rotatable bonds is 2. The van der Waals surface area contributed by atoms with E-state index in [4.69, 9.17) is 0 Å². The second-order valence-electron chi connectivity index (χ2n) is 5.46. The van der Waals surface area contributed by atoms with E-state index in [1.54, 1.807) is 0 Å². The monoisotopic (exact) mass is 197 g/mol. The van der Waals surface area contributed by atoms with E-state index in [0.29, 0.717) is 6.42 Å². The van der Waals surface area contributed by atoms with Crippen LogP contribution in [0.1, 0.15) is 53.4 Å². The van der Waals surface area contributed by atoms with Gasteiger partial charge in [-0.2, -0.15) is 0 Å². The summed E-state index contributed by atoms with van der Waals surface area (Å²) in [6, 6.07) is 0. The average Bonchev–Trinajstić information content (AvgIpc) is 2.25. The van der Waals surface area contributed by atoms with E-state index in [1.165, 1.54) is 0 Å². The number of hydrogen-bond acceptors (Lipinski definition) is 1. The predicted octanol–water partition coefficient (Wildman–Crippen LogP) is 2.73. The first-order valence-corrected chi connectivity index (χ1v) is 5.70. The first-order valence-electron chi connectivity index (χ1n) is 5.70. The van der Waals surface area contributed by atoms with Crippen LogP contribution in [0.5, 0.6) is 0 Å². The van der Waals surface area contributed by atoms with E-state index in [-0.39, 0.29) is 16.7 Å². The largest absolute Gasteiger partial charge is 0.356 e. The maximum atomic E-state index is 11.6. The number of hydrogen-bond donors (Lipinski definition) is 1. The fraction of sp³-hybridized carbons (Fsp3) is 0.917. The quantitative estimate of drug-likeness (QED) is 0.724. The summed E-state index contributed by atoms with van der Waals surface area (Å²) in [5.41, 5.74) is 0.488. The van der Waals surface area contributed by atoms with Gasteiger partial charge in [0.15, 0.2) is 0 Å². The maximum Gasteiger partial charge on any atom is 0.220 e. The molecule has 1 saturated heterocycles. The number of carbonyl (C=O) groups is 1. The van der Waals surface area contributed by atoms with Gasteiger partial charge in [0.05, 0.1) is 0 Å². The molecule has 0 spiro atoms. The summed E-state index contributed by atoms with van der Waals surface area (Å²) >= 11 is 0. The second-order valence-corrected chi connectivity index (χ2v) is 5.46. The Bertz CT molecular complexity index is 226. The lowest BCUT2D eigenvalue weighted by Gasteiger charge is -2.35. The molecule has 2 atom stereocenters. The van der Waals surface area contributed by atoms with Gasteiger partial charge in [-0.15, -0.1) is 0 Å². The van der Waals surface area contributed by atoms with E-state index in [9.17, 15) is 4.79 Å². The molecule has 2 nitrogen and oxygen atoms in total. The molecule has 82 valence electrons. The van der Waals surface area contributed by atoms with E-state index >= 15 is 0 Å². The van der Waals surface area contributed by atoms with Gasteiger partial charge in [-0.1, -0.05) is 34.1 Å². The third-order valence-corrected chi connectivity index (χ3v) is 3.86. The summed E-state index contributed by atoms with van der Waals surface area (Å²) in [6.07, 6.45) is 4.09. The Morgan fingerprint density at radius 1 is 1.21 bits per heavy atom.